The highest BCUT2D eigenvalue weighted by atomic mass is 35.5. The molecular weight excluding hydrogens is 384 g/mol. The highest BCUT2D eigenvalue weighted by Gasteiger charge is 2.32. The number of benzene rings is 2. The highest BCUT2D eigenvalue weighted by molar-refractivity contribution is 6.30. The van der Waals surface area contributed by atoms with Crippen molar-refractivity contribution in [1.82, 2.24) is 9.96 Å². The van der Waals surface area contributed by atoms with Crippen LogP contribution in [0.4, 0.5) is 4.79 Å². The molecule has 8 heteroatoms. The van der Waals surface area contributed by atoms with Gasteiger partial charge in [0.1, 0.15) is 11.8 Å². The van der Waals surface area contributed by atoms with E-state index in [1.807, 2.05) is 0 Å². The molecule has 0 aliphatic rings. The van der Waals surface area contributed by atoms with Crippen LogP contribution in [0.25, 0.3) is 0 Å². The molecule has 0 bridgehead atoms. The number of nitrogens with zero attached hydrogens (tertiary/aromatic N) is 2. The van der Waals surface area contributed by atoms with Gasteiger partial charge in [0.15, 0.2) is 0 Å². The van der Waals surface area contributed by atoms with E-state index in [4.69, 9.17) is 21.2 Å². The van der Waals surface area contributed by atoms with Crippen molar-refractivity contribution in [2.45, 2.75) is 19.0 Å². The Morgan fingerprint density at radius 1 is 1.11 bits per heavy atom. The average Bonchev–Trinajstić information content (AvgIpc) is 2.69. The number of carboxylic acid groups (broad SMARTS) is 1. The number of ether oxygens (including phenoxy) is 1. The van der Waals surface area contributed by atoms with Gasteiger partial charge in [-0.3, -0.25) is 14.5 Å². The largest absolute Gasteiger partial charge is 0.497 e. The van der Waals surface area contributed by atoms with E-state index in [2.05, 4.69) is 0 Å². The molecule has 0 radical (unpaired) electrons. The summed E-state index contributed by atoms with van der Waals surface area (Å²) in [6.45, 7) is 0.0356. The van der Waals surface area contributed by atoms with Gasteiger partial charge in [-0.1, -0.05) is 35.9 Å². The molecule has 0 fully saturated rings. The zero-order valence-corrected chi connectivity index (χ0v) is 16.7. The quantitative estimate of drug-likeness (QED) is 0.679. The maximum Gasteiger partial charge on any atom is 0.408 e. The molecule has 0 saturated carbocycles. The van der Waals surface area contributed by atoms with E-state index in [-0.39, 0.29) is 13.0 Å². The summed E-state index contributed by atoms with van der Waals surface area (Å²) in [7, 11) is 4.35. The van der Waals surface area contributed by atoms with Crippen LogP contribution in [0.3, 0.4) is 0 Å². The van der Waals surface area contributed by atoms with Gasteiger partial charge in [0.05, 0.1) is 14.2 Å². The first-order valence-electron chi connectivity index (χ1n) is 8.54. The maximum atomic E-state index is 12.8. The Labute approximate surface area is 169 Å². The van der Waals surface area contributed by atoms with Gasteiger partial charge in [0.2, 0.25) is 0 Å². The Morgan fingerprint density at radius 2 is 1.79 bits per heavy atom. The lowest BCUT2D eigenvalue weighted by Crippen LogP contribution is -2.50. The summed E-state index contributed by atoms with van der Waals surface area (Å²) in [5.41, 5.74) is 1.48. The van der Waals surface area contributed by atoms with Gasteiger partial charge >= 0.3 is 6.09 Å². The van der Waals surface area contributed by atoms with Crippen molar-refractivity contribution in [3.8, 4) is 5.75 Å². The molecule has 150 valence electrons. The maximum absolute atomic E-state index is 12.8. The van der Waals surface area contributed by atoms with E-state index in [1.165, 1.54) is 14.2 Å². The van der Waals surface area contributed by atoms with Crippen LogP contribution in [0, 0.1) is 0 Å². The highest BCUT2D eigenvalue weighted by Crippen LogP contribution is 2.19. The number of hydroxylamine groups is 2. The van der Waals surface area contributed by atoms with E-state index in [1.54, 1.807) is 55.6 Å². The summed E-state index contributed by atoms with van der Waals surface area (Å²) in [5.74, 6) is 0.190. The fourth-order valence-electron chi connectivity index (χ4n) is 2.76. The predicted octanol–water partition coefficient (Wildman–Crippen LogP) is 3.46. The number of hydrogen-bond donors (Lipinski definition) is 1. The first-order chi connectivity index (χ1) is 13.3. The Hall–Kier alpha value is -2.77. The molecule has 0 spiro atoms. The number of amides is 2. The van der Waals surface area contributed by atoms with Crippen molar-refractivity contribution >= 4 is 23.6 Å². The minimum absolute atomic E-state index is 0.0356. The van der Waals surface area contributed by atoms with E-state index >= 15 is 0 Å². The monoisotopic (exact) mass is 406 g/mol. The first-order valence-corrected chi connectivity index (χ1v) is 8.92. The zero-order chi connectivity index (χ0) is 20.7. The topological polar surface area (TPSA) is 79.3 Å². The molecule has 0 heterocycles. The van der Waals surface area contributed by atoms with Crippen LogP contribution in [0.15, 0.2) is 48.5 Å². The number of carbonyl (C=O) groups excluding carboxylic acids is 1. The molecule has 1 N–H and O–H groups in total. The number of rotatable bonds is 8. The third kappa shape index (κ3) is 5.61. The molecule has 1 atom stereocenters. The van der Waals surface area contributed by atoms with E-state index in [9.17, 15) is 14.7 Å². The molecule has 0 aliphatic heterocycles. The number of methoxy groups -OCH3 is 1. The Kier molecular flexibility index (Phi) is 7.66. The molecule has 2 rings (SSSR count). The smallest absolute Gasteiger partial charge is 0.408 e. The van der Waals surface area contributed by atoms with Crippen molar-refractivity contribution in [3.05, 3.63) is 64.7 Å². The van der Waals surface area contributed by atoms with Crippen LogP contribution in [0.1, 0.15) is 11.1 Å². The number of likely N-dealkylation sites (N-methyl/N-ethyl adjacent to an activating group) is 1. The first kappa shape index (κ1) is 21.5. The van der Waals surface area contributed by atoms with Crippen LogP contribution < -0.4 is 4.74 Å². The van der Waals surface area contributed by atoms with Crippen molar-refractivity contribution in [3.63, 3.8) is 0 Å². The minimum atomic E-state index is -1.21. The minimum Gasteiger partial charge on any atom is -0.497 e. The lowest BCUT2D eigenvalue weighted by Gasteiger charge is -2.31. The van der Waals surface area contributed by atoms with Gasteiger partial charge in [-0.15, -0.1) is 0 Å². The molecule has 2 amide bonds. The van der Waals surface area contributed by atoms with E-state index in [0.29, 0.717) is 10.8 Å². The fraction of sp³-hybridized carbons (Fsp3) is 0.300. The standard InChI is InChI=1S/C20H23ClN2O5/c1-22(28-3)19(24)18(12-15-5-4-6-16(21)11-15)23(20(25)26)13-14-7-9-17(27-2)10-8-14/h4-11,18H,12-13H2,1-3H3,(H,25,26)/t18-/m0/s1. The van der Waals surface area contributed by atoms with Gasteiger partial charge in [-0.05, 0) is 35.4 Å². The van der Waals surface area contributed by atoms with Gasteiger partial charge in [-0.2, -0.15) is 0 Å². The Bertz CT molecular complexity index is 812. The predicted molar refractivity (Wildman–Crippen MR) is 105 cm³/mol. The Balaban J connectivity index is 2.34. The summed E-state index contributed by atoms with van der Waals surface area (Å²) in [5, 5.41) is 11.3. The summed E-state index contributed by atoms with van der Waals surface area (Å²) in [6.07, 6.45) is -1.05. The lowest BCUT2D eigenvalue weighted by molar-refractivity contribution is -0.174. The van der Waals surface area contributed by atoms with E-state index in [0.717, 1.165) is 21.1 Å². The van der Waals surface area contributed by atoms with Gasteiger partial charge in [-0.25, -0.2) is 9.86 Å². The molecule has 0 aliphatic carbocycles. The molecule has 28 heavy (non-hydrogen) atoms. The van der Waals surface area contributed by atoms with Crippen LogP contribution in [-0.4, -0.2) is 54.4 Å². The summed E-state index contributed by atoms with van der Waals surface area (Å²) >= 11 is 6.04. The lowest BCUT2D eigenvalue weighted by atomic mass is 10.0. The molecule has 0 unspecified atom stereocenters. The molecule has 0 saturated heterocycles. The number of carbonyl (C=O) groups is 2. The van der Waals surface area contributed by atoms with Crippen LogP contribution >= 0.6 is 11.6 Å². The van der Waals surface area contributed by atoms with Gasteiger partial charge < -0.3 is 9.84 Å². The third-order valence-corrected chi connectivity index (χ3v) is 4.56. The third-order valence-electron chi connectivity index (χ3n) is 4.32. The summed E-state index contributed by atoms with van der Waals surface area (Å²) in [4.78, 5) is 30.9. The van der Waals surface area contributed by atoms with Crippen molar-refractivity contribution in [2.24, 2.45) is 0 Å². The molecular formula is C20H23ClN2O5. The summed E-state index contributed by atoms with van der Waals surface area (Å²) in [6, 6.07) is 13.0. The Morgan fingerprint density at radius 3 is 2.32 bits per heavy atom. The fourth-order valence-corrected chi connectivity index (χ4v) is 2.97. The van der Waals surface area contributed by atoms with Crippen LogP contribution in [-0.2, 0) is 22.6 Å². The average molecular weight is 407 g/mol. The SMILES string of the molecule is COc1ccc(CN(C(=O)O)[C@@H](Cc2cccc(Cl)c2)C(=O)N(C)OC)cc1. The van der Waals surface area contributed by atoms with Crippen molar-refractivity contribution in [1.29, 1.82) is 0 Å². The molecule has 0 aromatic heterocycles. The molecule has 2 aromatic rings. The number of halogens is 1. The second kappa shape index (κ2) is 9.96. The molecule has 7 nitrogen and oxygen atoms in total. The van der Waals surface area contributed by atoms with Crippen molar-refractivity contribution in [2.75, 3.05) is 21.3 Å². The second-order valence-corrected chi connectivity index (χ2v) is 6.56. The van der Waals surface area contributed by atoms with Gasteiger partial charge in [0.25, 0.3) is 5.91 Å². The van der Waals surface area contributed by atoms with Crippen LogP contribution in [0.2, 0.25) is 5.02 Å². The molecule has 2 aromatic carbocycles. The second-order valence-electron chi connectivity index (χ2n) is 6.13. The number of hydrogen-bond acceptors (Lipinski definition) is 4. The van der Waals surface area contributed by atoms with Crippen LogP contribution in [0.5, 0.6) is 5.75 Å². The normalized spacial score (nSPS) is 11.6. The zero-order valence-electron chi connectivity index (χ0n) is 16.0. The van der Waals surface area contributed by atoms with Crippen molar-refractivity contribution < 1.29 is 24.3 Å². The summed E-state index contributed by atoms with van der Waals surface area (Å²) < 4.78 is 5.12. The van der Waals surface area contributed by atoms with E-state index < -0.39 is 18.0 Å². The van der Waals surface area contributed by atoms with Gasteiger partial charge in [0, 0.05) is 25.0 Å².